The topological polar surface area (TPSA) is 70.8 Å². The van der Waals surface area contributed by atoms with Gasteiger partial charge in [0, 0.05) is 50.7 Å². The summed E-state index contributed by atoms with van der Waals surface area (Å²) in [6, 6.07) is 6.69. The molecule has 0 aromatic carbocycles. The lowest BCUT2D eigenvalue weighted by Crippen LogP contribution is -2.40. The molecule has 2 amide bonds. The number of piperidine rings is 1. The highest BCUT2D eigenvalue weighted by Gasteiger charge is 2.28. The number of amides is 2. The summed E-state index contributed by atoms with van der Waals surface area (Å²) >= 11 is 6.25. The first kappa shape index (κ1) is 22.2. The summed E-state index contributed by atoms with van der Waals surface area (Å²) in [4.78, 5) is 37.0. The second kappa shape index (κ2) is 9.24. The lowest BCUT2D eigenvalue weighted by atomic mass is 9.93. The fourth-order valence-electron chi connectivity index (χ4n) is 4.14. The van der Waals surface area contributed by atoms with E-state index in [0.717, 1.165) is 19.3 Å². The van der Waals surface area contributed by atoms with Gasteiger partial charge >= 0.3 is 0 Å². The third kappa shape index (κ3) is 4.46. The van der Waals surface area contributed by atoms with Gasteiger partial charge in [-0.2, -0.15) is 4.39 Å². The molecule has 1 fully saturated rings. The molecule has 0 atom stereocenters. The zero-order valence-corrected chi connectivity index (χ0v) is 18.8. The Morgan fingerprint density at radius 1 is 1.28 bits per heavy atom. The van der Waals surface area contributed by atoms with Crippen LogP contribution in [-0.4, -0.2) is 62.7 Å². The molecule has 0 unspecified atom stereocenters. The zero-order chi connectivity index (χ0) is 22.8. The molecule has 0 bridgehead atoms. The van der Waals surface area contributed by atoms with Gasteiger partial charge < -0.3 is 9.80 Å². The van der Waals surface area contributed by atoms with Crippen LogP contribution in [0.15, 0.2) is 36.7 Å². The molecule has 1 aliphatic heterocycles. The second-order valence-electron chi connectivity index (χ2n) is 8.25. The quantitative estimate of drug-likeness (QED) is 0.546. The molecule has 4 heterocycles. The number of pyridine rings is 2. The molecule has 7 nitrogen and oxygen atoms in total. The van der Waals surface area contributed by atoms with Crippen molar-refractivity contribution in [1.29, 1.82) is 0 Å². The van der Waals surface area contributed by atoms with Crippen LogP contribution < -0.4 is 0 Å². The van der Waals surface area contributed by atoms with Crippen molar-refractivity contribution < 1.29 is 14.0 Å². The first-order chi connectivity index (χ1) is 15.3. The van der Waals surface area contributed by atoms with E-state index in [2.05, 4.69) is 9.97 Å². The molecule has 1 aliphatic rings. The number of hydrogen-bond acceptors (Lipinski definition) is 4. The van der Waals surface area contributed by atoms with Gasteiger partial charge in [-0.05, 0) is 49.8 Å². The van der Waals surface area contributed by atoms with Crippen LogP contribution in [0.1, 0.15) is 45.7 Å². The van der Waals surface area contributed by atoms with Crippen molar-refractivity contribution in [3.63, 3.8) is 0 Å². The number of halogens is 2. The summed E-state index contributed by atoms with van der Waals surface area (Å²) < 4.78 is 15.2. The average Bonchev–Trinajstić information content (AvgIpc) is 3.14. The highest BCUT2D eigenvalue weighted by atomic mass is 35.5. The summed E-state index contributed by atoms with van der Waals surface area (Å²) in [7, 11) is 1.73. The number of carbonyl (C=O) groups is 2. The van der Waals surface area contributed by atoms with E-state index in [1.165, 1.54) is 12.3 Å². The lowest BCUT2D eigenvalue weighted by molar-refractivity contribution is 0.0670. The Labute approximate surface area is 190 Å². The minimum absolute atomic E-state index is 0.116. The largest absolute Gasteiger partial charge is 0.342 e. The van der Waals surface area contributed by atoms with E-state index in [1.807, 2.05) is 23.1 Å². The Morgan fingerprint density at radius 2 is 2.03 bits per heavy atom. The van der Waals surface area contributed by atoms with E-state index in [4.69, 9.17) is 11.6 Å². The number of aromatic nitrogens is 3. The maximum Gasteiger partial charge on any atom is 0.274 e. The SMILES string of the molecule is Cc1cnc(F)cc1C(=O)N(C)CCC1CCN(C(=O)c2c(Cl)nc3ccccn23)CC1. The summed E-state index contributed by atoms with van der Waals surface area (Å²) in [5.41, 5.74) is 2.03. The van der Waals surface area contributed by atoms with Crippen molar-refractivity contribution in [3.8, 4) is 0 Å². The minimum atomic E-state index is -0.657. The number of likely N-dealkylation sites (tertiary alicyclic amines) is 1. The molecule has 4 rings (SSSR count). The van der Waals surface area contributed by atoms with Crippen LogP contribution in [0, 0.1) is 18.8 Å². The van der Waals surface area contributed by atoms with Crippen LogP contribution in [0.3, 0.4) is 0 Å². The van der Waals surface area contributed by atoms with Gasteiger partial charge in [0.05, 0.1) is 0 Å². The predicted molar refractivity (Wildman–Crippen MR) is 119 cm³/mol. The van der Waals surface area contributed by atoms with Crippen molar-refractivity contribution in [3.05, 3.63) is 64.6 Å². The van der Waals surface area contributed by atoms with E-state index in [-0.39, 0.29) is 17.0 Å². The second-order valence-corrected chi connectivity index (χ2v) is 8.61. The number of rotatable bonds is 5. The smallest absolute Gasteiger partial charge is 0.274 e. The van der Waals surface area contributed by atoms with Gasteiger partial charge in [-0.3, -0.25) is 14.0 Å². The fraction of sp³-hybridized carbons (Fsp3) is 0.391. The number of imidazole rings is 1. The molecule has 3 aromatic rings. The molecule has 0 N–H and O–H groups in total. The van der Waals surface area contributed by atoms with Gasteiger partial charge in [0.15, 0.2) is 10.8 Å². The molecule has 168 valence electrons. The van der Waals surface area contributed by atoms with Gasteiger partial charge in [-0.1, -0.05) is 17.7 Å². The van der Waals surface area contributed by atoms with E-state index in [1.54, 1.807) is 29.5 Å². The maximum atomic E-state index is 13.4. The van der Waals surface area contributed by atoms with Crippen molar-refractivity contribution in [2.75, 3.05) is 26.7 Å². The molecular formula is C23H25ClFN5O2. The highest BCUT2D eigenvalue weighted by Crippen LogP contribution is 2.25. The number of carbonyl (C=O) groups excluding carboxylic acids is 2. The summed E-state index contributed by atoms with van der Waals surface area (Å²) in [5, 5.41) is 0.214. The fourth-order valence-corrected chi connectivity index (χ4v) is 4.40. The Bertz CT molecular complexity index is 1160. The molecule has 0 saturated carbocycles. The zero-order valence-electron chi connectivity index (χ0n) is 18.1. The first-order valence-electron chi connectivity index (χ1n) is 10.6. The molecule has 1 saturated heterocycles. The molecule has 0 aliphatic carbocycles. The first-order valence-corrected chi connectivity index (χ1v) is 11.0. The van der Waals surface area contributed by atoms with Crippen molar-refractivity contribution in [1.82, 2.24) is 24.2 Å². The number of nitrogens with zero attached hydrogens (tertiary/aromatic N) is 5. The van der Waals surface area contributed by atoms with Crippen molar-refractivity contribution in [2.45, 2.75) is 26.2 Å². The number of fused-ring (bicyclic) bond motifs is 1. The predicted octanol–water partition coefficient (Wildman–Crippen LogP) is 3.84. The molecule has 3 aromatic heterocycles. The van der Waals surface area contributed by atoms with Crippen LogP contribution in [0.4, 0.5) is 4.39 Å². The summed E-state index contributed by atoms with van der Waals surface area (Å²) in [5.74, 6) is -0.578. The summed E-state index contributed by atoms with van der Waals surface area (Å²) in [6.45, 7) is 3.58. The monoisotopic (exact) mass is 457 g/mol. The molecular weight excluding hydrogens is 433 g/mol. The van der Waals surface area contributed by atoms with E-state index in [0.29, 0.717) is 48.0 Å². The summed E-state index contributed by atoms with van der Waals surface area (Å²) in [6.07, 6.45) is 5.69. The van der Waals surface area contributed by atoms with Crippen LogP contribution in [0.25, 0.3) is 5.65 Å². The Kier molecular flexibility index (Phi) is 6.41. The normalized spacial score (nSPS) is 14.7. The highest BCUT2D eigenvalue weighted by molar-refractivity contribution is 6.32. The van der Waals surface area contributed by atoms with Crippen LogP contribution >= 0.6 is 11.6 Å². The number of hydrogen-bond donors (Lipinski definition) is 0. The van der Waals surface area contributed by atoms with Gasteiger partial charge in [0.25, 0.3) is 11.8 Å². The minimum Gasteiger partial charge on any atom is -0.342 e. The average molecular weight is 458 g/mol. The molecule has 0 spiro atoms. The molecule has 32 heavy (non-hydrogen) atoms. The van der Waals surface area contributed by atoms with E-state index < -0.39 is 5.95 Å². The van der Waals surface area contributed by atoms with Gasteiger partial charge in [-0.15, -0.1) is 0 Å². The Morgan fingerprint density at radius 3 is 2.78 bits per heavy atom. The van der Waals surface area contributed by atoms with Gasteiger partial charge in [0.2, 0.25) is 5.95 Å². The van der Waals surface area contributed by atoms with E-state index in [9.17, 15) is 14.0 Å². The molecule has 9 heteroatoms. The maximum absolute atomic E-state index is 13.4. The van der Waals surface area contributed by atoms with Crippen molar-refractivity contribution >= 4 is 29.1 Å². The standard InChI is InChI=1S/C23H25ClFN5O2/c1-15-14-26-18(25)13-17(15)22(31)28(2)10-6-16-7-11-29(12-8-16)23(32)20-21(24)27-19-5-3-4-9-30(19)20/h3-5,9,13-14,16H,6-8,10-12H2,1-2H3. The number of aryl methyl sites for hydroxylation is 1. The van der Waals surface area contributed by atoms with Crippen molar-refractivity contribution in [2.24, 2.45) is 5.92 Å². The van der Waals surface area contributed by atoms with Gasteiger partial charge in [0.1, 0.15) is 5.65 Å². The van der Waals surface area contributed by atoms with E-state index >= 15 is 0 Å². The van der Waals surface area contributed by atoms with Crippen LogP contribution in [-0.2, 0) is 0 Å². The van der Waals surface area contributed by atoms with Crippen LogP contribution in [0.5, 0.6) is 0 Å². The van der Waals surface area contributed by atoms with Crippen LogP contribution in [0.2, 0.25) is 5.15 Å². The Hall–Kier alpha value is -3.00. The van der Waals surface area contributed by atoms with Gasteiger partial charge in [-0.25, -0.2) is 9.97 Å². The lowest BCUT2D eigenvalue weighted by Gasteiger charge is -2.32. The third-order valence-electron chi connectivity index (χ3n) is 6.11. The molecule has 0 radical (unpaired) electrons. The Balaban J connectivity index is 1.32. The third-order valence-corrected chi connectivity index (χ3v) is 6.37.